The Morgan fingerprint density at radius 1 is 1.43 bits per heavy atom. The van der Waals surface area contributed by atoms with Crippen molar-refractivity contribution in [2.24, 2.45) is 5.92 Å². The summed E-state index contributed by atoms with van der Waals surface area (Å²) in [5, 5.41) is 16.1. The largest absolute Gasteiger partial charge is 0.495 e. The van der Waals surface area contributed by atoms with Gasteiger partial charge in [0.1, 0.15) is 5.75 Å². The van der Waals surface area contributed by atoms with Gasteiger partial charge in [0.25, 0.3) is 0 Å². The van der Waals surface area contributed by atoms with Crippen molar-refractivity contribution < 1.29 is 14.6 Å². The van der Waals surface area contributed by atoms with Crippen LogP contribution in [0.2, 0.25) is 0 Å². The molecule has 3 atom stereocenters. The number of methoxy groups -OCH3 is 1. The van der Waals surface area contributed by atoms with E-state index in [-0.39, 0.29) is 18.1 Å². The Labute approximate surface area is 138 Å². The maximum absolute atomic E-state index is 11.3. The van der Waals surface area contributed by atoms with E-state index >= 15 is 0 Å². The molecule has 1 fully saturated rings. The van der Waals surface area contributed by atoms with Gasteiger partial charge in [-0.2, -0.15) is 0 Å². The van der Waals surface area contributed by atoms with Crippen LogP contribution in [-0.4, -0.2) is 30.8 Å². The lowest BCUT2D eigenvalue weighted by Crippen LogP contribution is -2.30. The highest BCUT2D eigenvalue weighted by atomic mass is 16.5. The number of carbonyl (C=O) groups excluding carboxylic acids is 1. The molecule has 5 heteroatoms. The zero-order valence-corrected chi connectivity index (χ0v) is 14.3. The van der Waals surface area contributed by atoms with E-state index in [2.05, 4.69) is 17.6 Å². The third-order valence-corrected chi connectivity index (χ3v) is 4.50. The van der Waals surface area contributed by atoms with Crippen LogP contribution >= 0.6 is 0 Å². The summed E-state index contributed by atoms with van der Waals surface area (Å²) in [7, 11) is 1.59. The van der Waals surface area contributed by atoms with Crippen LogP contribution < -0.4 is 15.4 Å². The second-order valence-electron chi connectivity index (χ2n) is 6.46. The molecule has 1 amide bonds. The Morgan fingerprint density at radius 2 is 2.22 bits per heavy atom. The van der Waals surface area contributed by atoms with Crippen molar-refractivity contribution in [1.82, 2.24) is 5.32 Å². The molecule has 0 radical (unpaired) electrons. The number of amides is 1. The first-order valence-corrected chi connectivity index (χ1v) is 8.36. The van der Waals surface area contributed by atoms with Gasteiger partial charge in [-0.15, -0.1) is 0 Å². The van der Waals surface area contributed by atoms with Crippen molar-refractivity contribution in [2.45, 2.75) is 51.7 Å². The maximum Gasteiger partial charge on any atom is 0.221 e. The highest BCUT2D eigenvalue weighted by molar-refractivity contribution is 5.90. The molecule has 1 aliphatic rings. The van der Waals surface area contributed by atoms with E-state index in [0.29, 0.717) is 17.4 Å². The van der Waals surface area contributed by atoms with Gasteiger partial charge in [-0.1, -0.05) is 12.5 Å². The summed E-state index contributed by atoms with van der Waals surface area (Å²) in [4.78, 5) is 11.3. The molecular weight excluding hydrogens is 292 g/mol. The van der Waals surface area contributed by atoms with Crippen LogP contribution in [0, 0.1) is 5.92 Å². The molecule has 0 saturated heterocycles. The zero-order valence-electron chi connectivity index (χ0n) is 14.3. The third kappa shape index (κ3) is 5.22. The van der Waals surface area contributed by atoms with Crippen LogP contribution in [0.5, 0.6) is 5.75 Å². The van der Waals surface area contributed by atoms with Gasteiger partial charge >= 0.3 is 0 Å². The number of aliphatic hydroxyl groups is 1. The van der Waals surface area contributed by atoms with Crippen LogP contribution in [0.1, 0.15) is 51.1 Å². The third-order valence-electron chi connectivity index (χ3n) is 4.50. The monoisotopic (exact) mass is 320 g/mol. The standard InChI is InChI=1S/C18H28N2O3/c1-12(19-11-14-5-4-6-16(22)9-14)15-7-8-18(23-3)17(10-15)20-13(2)21/h7-8,10,12,14,16,19,22H,4-6,9,11H2,1-3H3,(H,20,21). The smallest absolute Gasteiger partial charge is 0.221 e. The average molecular weight is 320 g/mol. The number of anilines is 1. The molecule has 0 bridgehead atoms. The first kappa shape index (κ1) is 17.8. The Kier molecular flexibility index (Phi) is 6.42. The van der Waals surface area contributed by atoms with Gasteiger partial charge < -0.3 is 20.5 Å². The summed E-state index contributed by atoms with van der Waals surface area (Å²) in [6.07, 6.45) is 3.97. The number of hydrogen-bond acceptors (Lipinski definition) is 4. The summed E-state index contributed by atoms with van der Waals surface area (Å²) in [5.41, 5.74) is 1.80. The van der Waals surface area contributed by atoms with E-state index in [4.69, 9.17) is 4.74 Å². The molecule has 1 aliphatic carbocycles. The lowest BCUT2D eigenvalue weighted by molar-refractivity contribution is -0.114. The Hall–Kier alpha value is -1.59. The second kappa shape index (κ2) is 8.31. The molecule has 2 rings (SSSR count). The minimum Gasteiger partial charge on any atom is -0.495 e. The molecule has 0 spiro atoms. The lowest BCUT2D eigenvalue weighted by Gasteiger charge is -2.27. The van der Waals surface area contributed by atoms with Crippen molar-refractivity contribution >= 4 is 11.6 Å². The normalized spacial score (nSPS) is 22.4. The molecule has 23 heavy (non-hydrogen) atoms. The second-order valence-corrected chi connectivity index (χ2v) is 6.46. The topological polar surface area (TPSA) is 70.6 Å². The van der Waals surface area contributed by atoms with Crippen LogP contribution in [-0.2, 0) is 4.79 Å². The van der Waals surface area contributed by atoms with Gasteiger partial charge in [0.2, 0.25) is 5.91 Å². The summed E-state index contributed by atoms with van der Waals surface area (Å²) < 4.78 is 5.28. The van der Waals surface area contributed by atoms with Crippen molar-refractivity contribution in [3.63, 3.8) is 0 Å². The molecule has 1 aromatic rings. The van der Waals surface area contributed by atoms with E-state index in [9.17, 15) is 9.90 Å². The zero-order chi connectivity index (χ0) is 16.8. The Bertz CT molecular complexity index is 533. The van der Waals surface area contributed by atoms with Gasteiger partial charge in [0, 0.05) is 13.0 Å². The SMILES string of the molecule is COc1ccc(C(C)NCC2CCCC(O)C2)cc1NC(C)=O. The molecule has 128 valence electrons. The molecule has 3 N–H and O–H groups in total. The predicted molar refractivity (Wildman–Crippen MR) is 91.7 cm³/mol. The Morgan fingerprint density at radius 3 is 2.87 bits per heavy atom. The highest BCUT2D eigenvalue weighted by Gasteiger charge is 2.20. The summed E-state index contributed by atoms with van der Waals surface area (Å²) in [5.74, 6) is 1.08. The average Bonchev–Trinajstić information content (AvgIpc) is 2.52. The summed E-state index contributed by atoms with van der Waals surface area (Å²) in [6.45, 7) is 4.50. The van der Waals surface area contributed by atoms with Crippen LogP contribution in [0.4, 0.5) is 5.69 Å². The van der Waals surface area contributed by atoms with E-state index in [1.54, 1.807) is 7.11 Å². The van der Waals surface area contributed by atoms with E-state index in [0.717, 1.165) is 31.4 Å². The fourth-order valence-electron chi connectivity index (χ4n) is 3.19. The fourth-order valence-corrected chi connectivity index (χ4v) is 3.19. The molecule has 1 aromatic carbocycles. The van der Waals surface area contributed by atoms with E-state index < -0.39 is 0 Å². The fraction of sp³-hybridized carbons (Fsp3) is 0.611. The molecular formula is C18H28N2O3. The van der Waals surface area contributed by atoms with Gasteiger partial charge in [-0.25, -0.2) is 0 Å². The highest BCUT2D eigenvalue weighted by Crippen LogP contribution is 2.29. The van der Waals surface area contributed by atoms with Crippen LogP contribution in [0.3, 0.4) is 0 Å². The summed E-state index contributed by atoms with van der Waals surface area (Å²) in [6, 6.07) is 6.02. The first-order chi connectivity index (χ1) is 11.0. The van der Waals surface area contributed by atoms with Crippen molar-refractivity contribution in [3.8, 4) is 5.75 Å². The number of nitrogens with one attached hydrogen (secondary N) is 2. The first-order valence-electron chi connectivity index (χ1n) is 8.36. The minimum atomic E-state index is -0.141. The predicted octanol–water partition coefficient (Wildman–Crippen LogP) is 2.86. The molecule has 0 aromatic heterocycles. The summed E-state index contributed by atoms with van der Waals surface area (Å²) >= 11 is 0. The van der Waals surface area contributed by atoms with E-state index in [1.165, 1.54) is 13.3 Å². The van der Waals surface area contributed by atoms with Crippen molar-refractivity contribution in [1.29, 1.82) is 0 Å². The van der Waals surface area contributed by atoms with Gasteiger partial charge in [-0.3, -0.25) is 4.79 Å². The van der Waals surface area contributed by atoms with Gasteiger partial charge in [0.05, 0.1) is 18.9 Å². The van der Waals surface area contributed by atoms with E-state index in [1.807, 2.05) is 18.2 Å². The number of aliphatic hydroxyl groups excluding tert-OH is 1. The van der Waals surface area contributed by atoms with Crippen LogP contribution in [0.25, 0.3) is 0 Å². The molecule has 1 saturated carbocycles. The molecule has 0 aliphatic heterocycles. The van der Waals surface area contributed by atoms with Crippen LogP contribution in [0.15, 0.2) is 18.2 Å². The Balaban J connectivity index is 1.98. The lowest BCUT2D eigenvalue weighted by atomic mass is 9.87. The van der Waals surface area contributed by atoms with Gasteiger partial charge in [-0.05, 0) is 56.3 Å². The quantitative estimate of drug-likeness (QED) is 0.754. The van der Waals surface area contributed by atoms with Crippen molar-refractivity contribution in [3.05, 3.63) is 23.8 Å². The number of carbonyl (C=O) groups is 1. The van der Waals surface area contributed by atoms with Gasteiger partial charge in [0.15, 0.2) is 0 Å². The number of rotatable bonds is 6. The number of ether oxygens (including phenoxy) is 1. The number of benzene rings is 1. The minimum absolute atomic E-state index is 0.114. The molecule has 5 nitrogen and oxygen atoms in total. The molecule has 0 heterocycles. The maximum atomic E-state index is 11.3. The molecule has 3 unspecified atom stereocenters. The number of hydrogen-bond donors (Lipinski definition) is 3. The van der Waals surface area contributed by atoms with Crippen molar-refractivity contribution in [2.75, 3.05) is 19.0 Å².